The van der Waals surface area contributed by atoms with Crippen molar-refractivity contribution in [1.82, 2.24) is 9.78 Å². The maximum absolute atomic E-state index is 11.4. The fourth-order valence-corrected chi connectivity index (χ4v) is 1.04. The molecule has 1 aromatic rings. The number of carbonyl (C=O) groups excluding carboxylic acids is 1. The third-order valence-electron chi connectivity index (χ3n) is 1.28. The summed E-state index contributed by atoms with van der Waals surface area (Å²) >= 11 is 3.15. The van der Waals surface area contributed by atoms with E-state index in [4.69, 9.17) is 10.5 Å². The summed E-state index contributed by atoms with van der Waals surface area (Å²) in [7, 11) is 0. The van der Waals surface area contributed by atoms with Crippen molar-refractivity contribution in [2.75, 3.05) is 5.73 Å². The highest BCUT2D eigenvalue weighted by Crippen LogP contribution is 2.17. The molecule has 0 fully saturated rings. The molecule has 0 saturated heterocycles. The van der Waals surface area contributed by atoms with Gasteiger partial charge in [-0.05, 0) is 36.7 Å². The quantitative estimate of drug-likeness (QED) is 0.776. The third-order valence-corrected chi connectivity index (χ3v) is 1.89. The number of aromatic nitrogens is 2. The van der Waals surface area contributed by atoms with Gasteiger partial charge >= 0.3 is 6.09 Å². The van der Waals surface area contributed by atoms with Gasteiger partial charge in [0.05, 0.1) is 10.7 Å². The zero-order valence-electron chi connectivity index (χ0n) is 8.24. The molecule has 0 radical (unpaired) electrons. The minimum Gasteiger partial charge on any atom is -0.442 e. The first-order valence-electron chi connectivity index (χ1n) is 4.03. The molecule has 0 spiro atoms. The van der Waals surface area contributed by atoms with E-state index in [1.807, 2.05) is 0 Å². The van der Waals surface area contributed by atoms with Crippen molar-refractivity contribution >= 4 is 27.8 Å². The number of nitrogens with two attached hydrogens (primary N) is 1. The average molecular weight is 262 g/mol. The summed E-state index contributed by atoms with van der Waals surface area (Å²) in [6, 6.07) is 0. The van der Waals surface area contributed by atoms with Crippen LogP contribution in [-0.4, -0.2) is 21.5 Å². The molecule has 0 atom stereocenters. The van der Waals surface area contributed by atoms with Crippen LogP contribution >= 0.6 is 15.9 Å². The van der Waals surface area contributed by atoms with E-state index in [1.165, 1.54) is 6.20 Å². The van der Waals surface area contributed by atoms with E-state index in [-0.39, 0.29) is 5.82 Å². The lowest BCUT2D eigenvalue weighted by Crippen LogP contribution is -2.27. The van der Waals surface area contributed by atoms with Crippen molar-refractivity contribution in [3.63, 3.8) is 0 Å². The van der Waals surface area contributed by atoms with E-state index < -0.39 is 11.7 Å². The number of halogens is 1. The monoisotopic (exact) mass is 261 g/mol. The Kier molecular flexibility index (Phi) is 2.84. The fraction of sp³-hybridized carbons (Fsp3) is 0.500. The van der Waals surface area contributed by atoms with Crippen LogP contribution in [-0.2, 0) is 4.74 Å². The number of hydrogen-bond donors (Lipinski definition) is 1. The highest BCUT2D eigenvalue weighted by Gasteiger charge is 2.19. The SMILES string of the molecule is CC(C)(C)OC(=O)n1cc(Br)c(N)n1. The Hall–Kier alpha value is -1.04. The maximum atomic E-state index is 11.4. The van der Waals surface area contributed by atoms with Crippen molar-refractivity contribution in [3.05, 3.63) is 10.7 Å². The van der Waals surface area contributed by atoms with Crippen molar-refractivity contribution in [2.45, 2.75) is 26.4 Å². The van der Waals surface area contributed by atoms with Gasteiger partial charge in [-0.25, -0.2) is 4.79 Å². The number of rotatable bonds is 0. The van der Waals surface area contributed by atoms with E-state index in [0.717, 1.165) is 4.68 Å². The van der Waals surface area contributed by atoms with Gasteiger partial charge in [-0.15, -0.1) is 5.10 Å². The molecule has 1 heterocycles. The van der Waals surface area contributed by atoms with E-state index in [1.54, 1.807) is 20.8 Å². The lowest BCUT2D eigenvalue weighted by molar-refractivity contribution is 0.0515. The summed E-state index contributed by atoms with van der Waals surface area (Å²) in [5.74, 6) is 0.260. The van der Waals surface area contributed by atoms with Crippen LogP contribution in [0.3, 0.4) is 0 Å². The number of hydrogen-bond acceptors (Lipinski definition) is 4. The Bertz CT molecular complexity index is 334. The summed E-state index contributed by atoms with van der Waals surface area (Å²) in [6.45, 7) is 5.35. The Morgan fingerprint density at radius 2 is 2.21 bits per heavy atom. The number of nitrogen functional groups attached to an aromatic ring is 1. The van der Waals surface area contributed by atoms with Gasteiger partial charge < -0.3 is 10.5 Å². The van der Waals surface area contributed by atoms with E-state index >= 15 is 0 Å². The Balaban J connectivity index is 2.80. The molecule has 0 saturated carbocycles. The lowest BCUT2D eigenvalue weighted by Gasteiger charge is -2.18. The minimum atomic E-state index is -0.546. The molecule has 0 aliphatic heterocycles. The molecule has 0 aliphatic rings. The topological polar surface area (TPSA) is 70.1 Å². The van der Waals surface area contributed by atoms with Crippen LogP contribution < -0.4 is 5.73 Å². The summed E-state index contributed by atoms with van der Waals surface area (Å²) in [5.41, 5.74) is 4.92. The highest BCUT2D eigenvalue weighted by molar-refractivity contribution is 9.10. The van der Waals surface area contributed by atoms with Crippen LogP contribution in [0, 0.1) is 0 Å². The van der Waals surface area contributed by atoms with Crippen LogP contribution in [0.5, 0.6) is 0 Å². The molecule has 14 heavy (non-hydrogen) atoms. The molecule has 0 aliphatic carbocycles. The number of anilines is 1. The second-order valence-electron chi connectivity index (χ2n) is 3.79. The third kappa shape index (κ3) is 2.73. The van der Waals surface area contributed by atoms with Gasteiger partial charge in [0.25, 0.3) is 0 Å². The van der Waals surface area contributed by atoms with E-state index in [0.29, 0.717) is 4.47 Å². The second-order valence-corrected chi connectivity index (χ2v) is 4.64. The van der Waals surface area contributed by atoms with Gasteiger partial charge in [-0.2, -0.15) is 4.68 Å². The standard InChI is InChI=1S/C8H12BrN3O2/c1-8(2,3)14-7(13)12-4-5(9)6(10)11-12/h4H,1-3H3,(H2,10,11). The highest BCUT2D eigenvalue weighted by atomic mass is 79.9. The fourth-order valence-electron chi connectivity index (χ4n) is 0.768. The zero-order valence-corrected chi connectivity index (χ0v) is 9.83. The number of carbonyl (C=O) groups is 1. The van der Waals surface area contributed by atoms with E-state index in [9.17, 15) is 4.79 Å². The predicted octanol–water partition coefficient (Wildman–Crippen LogP) is 2.01. The molecule has 1 aromatic heterocycles. The maximum Gasteiger partial charge on any atom is 0.435 e. The summed E-state index contributed by atoms with van der Waals surface area (Å²) in [6.07, 6.45) is 0.915. The minimum absolute atomic E-state index is 0.260. The molecule has 2 N–H and O–H groups in total. The predicted molar refractivity (Wildman–Crippen MR) is 56.0 cm³/mol. The lowest BCUT2D eigenvalue weighted by atomic mass is 10.2. The van der Waals surface area contributed by atoms with Crippen molar-refractivity contribution in [3.8, 4) is 0 Å². The van der Waals surface area contributed by atoms with Crippen LogP contribution in [0.2, 0.25) is 0 Å². The Morgan fingerprint density at radius 1 is 1.64 bits per heavy atom. The first-order valence-corrected chi connectivity index (χ1v) is 4.83. The molecule has 78 valence electrons. The van der Waals surface area contributed by atoms with Gasteiger partial charge in [0, 0.05) is 0 Å². The molecule has 0 unspecified atom stereocenters. The first-order chi connectivity index (χ1) is 6.29. The van der Waals surface area contributed by atoms with Gasteiger partial charge in [-0.1, -0.05) is 0 Å². The second kappa shape index (κ2) is 3.61. The molecule has 1 rings (SSSR count). The summed E-state index contributed by atoms with van der Waals surface area (Å²) in [5, 5.41) is 3.77. The molecule has 5 nitrogen and oxygen atoms in total. The molecular weight excluding hydrogens is 250 g/mol. The first kappa shape index (κ1) is 11.0. The largest absolute Gasteiger partial charge is 0.442 e. The van der Waals surface area contributed by atoms with Crippen molar-refractivity contribution < 1.29 is 9.53 Å². The normalized spacial score (nSPS) is 11.4. The van der Waals surface area contributed by atoms with Crippen molar-refractivity contribution in [1.29, 1.82) is 0 Å². The molecular formula is C8H12BrN3O2. The van der Waals surface area contributed by atoms with Gasteiger partial charge in [0.2, 0.25) is 0 Å². The van der Waals surface area contributed by atoms with Crippen LogP contribution in [0.1, 0.15) is 20.8 Å². The van der Waals surface area contributed by atoms with Gasteiger partial charge in [0.15, 0.2) is 5.82 Å². The number of ether oxygens (including phenoxy) is 1. The summed E-state index contributed by atoms with van der Waals surface area (Å²) in [4.78, 5) is 11.4. The Labute approximate surface area is 90.3 Å². The smallest absolute Gasteiger partial charge is 0.435 e. The molecule has 6 heteroatoms. The molecule has 0 bridgehead atoms. The average Bonchev–Trinajstić information content (AvgIpc) is 2.28. The van der Waals surface area contributed by atoms with Gasteiger partial charge in [-0.3, -0.25) is 0 Å². The van der Waals surface area contributed by atoms with Crippen molar-refractivity contribution in [2.24, 2.45) is 0 Å². The van der Waals surface area contributed by atoms with Gasteiger partial charge in [0.1, 0.15) is 5.60 Å². The molecule has 0 aromatic carbocycles. The van der Waals surface area contributed by atoms with Crippen LogP contribution in [0.15, 0.2) is 10.7 Å². The number of nitrogens with zero attached hydrogens (tertiary/aromatic N) is 2. The van der Waals surface area contributed by atoms with Crippen LogP contribution in [0.25, 0.3) is 0 Å². The molecule has 0 amide bonds. The van der Waals surface area contributed by atoms with Crippen LogP contribution in [0.4, 0.5) is 10.6 Å². The zero-order chi connectivity index (χ0) is 10.9. The Morgan fingerprint density at radius 3 is 2.57 bits per heavy atom. The summed E-state index contributed by atoms with van der Waals surface area (Å²) < 4.78 is 6.71. The van der Waals surface area contributed by atoms with E-state index in [2.05, 4.69) is 21.0 Å².